The van der Waals surface area contributed by atoms with Crippen LogP contribution < -0.4 is 0 Å². The maximum atomic E-state index is 11.6. The van der Waals surface area contributed by atoms with Gasteiger partial charge in [-0.1, -0.05) is 31.6 Å². The summed E-state index contributed by atoms with van der Waals surface area (Å²) >= 11 is 0. The molecule has 5 aliphatic rings. The average molecular weight is 412 g/mol. The Morgan fingerprint density at radius 2 is 1.93 bits per heavy atom. The van der Waals surface area contributed by atoms with Crippen molar-refractivity contribution < 1.29 is 10.2 Å². The molecule has 5 rings (SSSR count). The van der Waals surface area contributed by atoms with Gasteiger partial charge in [0.2, 0.25) is 0 Å². The fourth-order valence-corrected chi connectivity index (χ4v) is 8.79. The van der Waals surface area contributed by atoms with Crippen molar-refractivity contribution in [3.63, 3.8) is 0 Å². The molecule has 1 heterocycles. The van der Waals surface area contributed by atoms with E-state index < -0.39 is 5.60 Å². The quantitative estimate of drug-likeness (QED) is 0.603. The molecule has 0 aromatic carbocycles. The Labute approximate surface area is 182 Å². The van der Waals surface area contributed by atoms with Gasteiger partial charge in [0.25, 0.3) is 0 Å². The maximum Gasteiger partial charge on any atom is 0.0656 e. The van der Waals surface area contributed by atoms with Gasteiger partial charge in [0, 0.05) is 6.21 Å². The molecule has 166 valence electrons. The molecule has 3 fully saturated rings. The predicted octanol–water partition coefficient (Wildman–Crippen LogP) is 5.47. The molecule has 2 N–H and O–H groups in total. The van der Waals surface area contributed by atoms with Crippen molar-refractivity contribution in [2.75, 3.05) is 6.54 Å². The zero-order valence-corrected chi connectivity index (χ0v) is 19.2. The number of allylic oxidation sites excluding steroid dienone is 2. The highest BCUT2D eigenvalue weighted by Gasteiger charge is 2.61. The Kier molecular flexibility index (Phi) is 5.10. The molecule has 8 atom stereocenters. The highest BCUT2D eigenvalue weighted by atomic mass is 16.3. The lowest BCUT2D eigenvalue weighted by Gasteiger charge is -2.59. The van der Waals surface area contributed by atoms with Crippen LogP contribution in [0.25, 0.3) is 0 Å². The van der Waals surface area contributed by atoms with Crippen LogP contribution >= 0.6 is 0 Å². The SMILES string of the molecule is C[C@]12CC[C@H]3[C@@H](CC=C4C[C@@H](O)CC[C@@]43C)[C@@H]1CC[C@@H]2[C@](C)(O)CCC1=CCN=C1. The van der Waals surface area contributed by atoms with Crippen LogP contribution in [0, 0.1) is 34.5 Å². The minimum atomic E-state index is -0.595. The standard InChI is InChI=1S/C27H41NO2/c1-25-12-9-20(29)16-19(25)4-5-21-22-6-7-24(26(22,2)13-10-23(21)25)27(3,30)14-8-18-11-15-28-17-18/h4,11,17,20-24,29-30H,5-10,12-16H2,1-3H3/t20-,21-,22-,23-,24-,25-,26-,27+/m0/s1. The van der Waals surface area contributed by atoms with Crippen molar-refractivity contribution in [1.29, 1.82) is 0 Å². The third kappa shape index (κ3) is 3.18. The number of nitrogens with zero attached hydrogens (tertiary/aromatic N) is 1. The van der Waals surface area contributed by atoms with Crippen LogP contribution in [0.4, 0.5) is 0 Å². The van der Waals surface area contributed by atoms with Crippen LogP contribution in [0.1, 0.15) is 85.0 Å². The van der Waals surface area contributed by atoms with E-state index in [0.717, 1.165) is 56.4 Å². The summed E-state index contributed by atoms with van der Waals surface area (Å²) in [5, 5.41) is 21.9. The van der Waals surface area contributed by atoms with Crippen LogP contribution in [0.3, 0.4) is 0 Å². The molecule has 0 amide bonds. The van der Waals surface area contributed by atoms with Crippen LogP contribution in [0.15, 0.2) is 28.3 Å². The molecular weight excluding hydrogens is 370 g/mol. The third-order valence-electron chi connectivity index (χ3n) is 10.5. The minimum Gasteiger partial charge on any atom is -0.393 e. The molecule has 3 heteroatoms. The normalized spacial score (nSPS) is 47.0. The first-order chi connectivity index (χ1) is 14.2. The summed E-state index contributed by atoms with van der Waals surface area (Å²) < 4.78 is 0. The Morgan fingerprint density at radius 3 is 2.70 bits per heavy atom. The van der Waals surface area contributed by atoms with E-state index in [1.54, 1.807) is 5.57 Å². The molecule has 4 aliphatic carbocycles. The summed E-state index contributed by atoms with van der Waals surface area (Å²) in [4.78, 5) is 4.31. The second kappa shape index (κ2) is 7.30. The molecular formula is C27H41NO2. The number of hydrogen-bond donors (Lipinski definition) is 2. The van der Waals surface area contributed by atoms with Gasteiger partial charge in [-0.2, -0.15) is 0 Å². The van der Waals surface area contributed by atoms with Gasteiger partial charge in [0.15, 0.2) is 0 Å². The summed E-state index contributed by atoms with van der Waals surface area (Å²) in [6.07, 6.45) is 17.6. The van der Waals surface area contributed by atoms with Crippen LogP contribution in [0.5, 0.6) is 0 Å². The van der Waals surface area contributed by atoms with E-state index in [2.05, 4.69) is 37.9 Å². The van der Waals surface area contributed by atoms with Crippen LogP contribution in [-0.2, 0) is 0 Å². The zero-order valence-electron chi connectivity index (χ0n) is 19.2. The van der Waals surface area contributed by atoms with Crippen molar-refractivity contribution in [2.45, 2.75) is 96.7 Å². The third-order valence-corrected chi connectivity index (χ3v) is 10.5. The Balaban J connectivity index is 1.35. The first kappa shape index (κ1) is 20.9. The first-order valence-electron chi connectivity index (χ1n) is 12.5. The van der Waals surface area contributed by atoms with Crippen molar-refractivity contribution >= 4 is 6.21 Å². The van der Waals surface area contributed by atoms with Gasteiger partial charge in [-0.3, -0.25) is 4.99 Å². The Hall–Kier alpha value is -0.930. The monoisotopic (exact) mass is 411 g/mol. The Morgan fingerprint density at radius 1 is 1.10 bits per heavy atom. The number of aliphatic imine (C=N–C) groups is 1. The van der Waals surface area contributed by atoms with Gasteiger partial charge in [-0.25, -0.2) is 0 Å². The molecule has 1 aliphatic heterocycles. The van der Waals surface area contributed by atoms with Gasteiger partial charge in [-0.15, -0.1) is 0 Å². The van der Waals surface area contributed by atoms with E-state index in [4.69, 9.17) is 0 Å². The van der Waals surface area contributed by atoms with Gasteiger partial charge >= 0.3 is 0 Å². The largest absolute Gasteiger partial charge is 0.393 e. The van der Waals surface area contributed by atoms with Gasteiger partial charge in [0.05, 0.1) is 18.2 Å². The maximum absolute atomic E-state index is 11.6. The Bertz CT molecular complexity index is 780. The smallest absolute Gasteiger partial charge is 0.0656 e. The summed E-state index contributed by atoms with van der Waals surface area (Å²) in [6.45, 7) is 7.95. The van der Waals surface area contributed by atoms with Crippen molar-refractivity contribution in [1.82, 2.24) is 0 Å². The summed E-state index contributed by atoms with van der Waals surface area (Å²) in [6, 6.07) is 0. The lowest BCUT2D eigenvalue weighted by atomic mass is 9.46. The van der Waals surface area contributed by atoms with E-state index in [-0.39, 0.29) is 11.5 Å². The number of aliphatic hydroxyl groups excluding tert-OH is 1. The van der Waals surface area contributed by atoms with Gasteiger partial charge in [0.1, 0.15) is 0 Å². The lowest BCUT2D eigenvalue weighted by molar-refractivity contribution is -0.104. The van der Waals surface area contributed by atoms with Gasteiger partial charge < -0.3 is 10.2 Å². The molecule has 0 bridgehead atoms. The van der Waals surface area contributed by atoms with E-state index in [9.17, 15) is 10.2 Å². The predicted molar refractivity (Wildman–Crippen MR) is 122 cm³/mol. The number of hydrogen-bond acceptors (Lipinski definition) is 3. The second-order valence-corrected chi connectivity index (χ2v) is 12.0. The van der Waals surface area contributed by atoms with E-state index in [0.29, 0.717) is 11.3 Å². The molecule has 0 aromatic rings. The summed E-state index contributed by atoms with van der Waals surface area (Å²) in [7, 11) is 0. The highest BCUT2D eigenvalue weighted by molar-refractivity contribution is 5.80. The molecule has 0 saturated heterocycles. The minimum absolute atomic E-state index is 0.124. The summed E-state index contributed by atoms with van der Waals surface area (Å²) in [5.41, 5.74) is 2.83. The summed E-state index contributed by atoms with van der Waals surface area (Å²) in [5.74, 6) is 2.67. The molecule has 3 nitrogen and oxygen atoms in total. The number of fused-ring (bicyclic) bond motifs is 5. The van der Waals surface area contributed by atoms with E-state index >= 15 is 0 Å². The number of aliphatic hydroxyl groups is 2. The molecule has 0 radical (unpaired) electrons. The van der Waals surface area contributed by atoms with Crippen molar-refractivity contribution in [2.24, 2.45) is 39.5 Å². The van der Waals surface area contributed by atoms with Crippen molar-refractivity contribution in [3.8, 4) is 0 Å². The van der Waals surface area contributed by atoms with Gasteiger partial charge in [-0.05, 0) is 111 Å². The lowest BCUT2D eigenvalue weighted by Crippen LogP contribution is -2.53. The van der Waals surface area contributed by atoms with Crippen LogP contribution in [0.2, 0.25) is 0 Å². The molecule has 30 heavy (non-hydrogen) atoms. The van der Waals surface area contributed by atoms with E-state index in [1.165, 1.54) is 37.7 Å². The molecule has 0 unspecified atom stereocenters. The average Bonchev–Trinajstić information content (AvgIpc) is 3.34. The van der Waals surface area contributed by atoms with Crippen molar-refractivity contribution in [3.05, 3.63) is 23.3 Å². The topological polar surface area (TPSA) is 52.8 Å². The fraction of sp³-hybridized carbons (Fsp3) is 0.815. The molecule has 0 aromatic heterocycles. The molecule has 3 saturated carbocycles. The number of rotatable bonds is 4. The highest BCUT2D eigenvalue weighted by Crippen LogP contribution is 2.67. The van der Waals surface area contributed by atoms with Crippen LogP contribution in [-0.4, -0.2) is 34.7 Å². The molecule has 0 spiro atoms. The second-order valence-electron chi connectivity index (χ2n) is 12.0. The zero-order chi connectivity index (χ0) is 21.1. The first-order valence-corrected chi connectivity index (χ1v) is 12.5. The fourth-order valence-electron chi connectivity index (χ4n) is 8.79. The van der Waals surface area contributed by atoms with E-state index in [1.807, 2.05) is 6.21 Å².